The summed E-state index contributed by atoms with van der Waals surface area (Å²) < 4.78 is 29.4. The lowest BCUT2D eigenvalue weighted by Crippen LogP contribution is -2.15. The van der Waals surface area contributed by atoms with Gasteiger partial charge in [0.25, 0.3) is 0 Å². The minimum absolute atomic E-state index is 0.0190. The smallest absolute Gasteiger partial charge is 0.160 e. The van der Waals surface area contributed by atoms with E-state index in [1.165, 1.54) is 12.1 Å². The molecule has 5 heteroatoms. The van der Waals surface area contributed by atoms with Crippen LogP contribution < -0.4 is 19.9 Å². The second-order valence-electron chi connectivity index (χ2n) is 5.21. The van der Waals surface area contributed by atoms with Gasteiger partial charge in [-0.1, -0.05) is 6.07 Å². The van der Waals surface area contributed by atoms with E-state index in [-0.39, 0.29) is 11.7 Å². The van der Waals surface area contributed by atoms with E-state index >= 15 is 0 Å². The molecule has 0 fully saturated rings. The van der Waals surface area contributed by atoms with Gasteiger partial charge in [0.2, 0.25) is 0 Å². The van der Waals surface area contributed by atoms with Gasteiger partial charge in [-0.3, -0.25) is 0 Å². The molecule has 0 heterocycles. The number of hydrogen-bond acceptors (Lipinski definition) is 4. The van der Waals surface area contributed by atoms with Gasteiger partial charge in [0.05, 0.1) is 21.3 Å². The van der Waals surface area contributed by atoms with Crippen LogP contribution in [0.2, 0.25) is 0 Å². The van der Waals surface area contributed by atoms with Crippen molar-refractivity contribution in [3.63, 3.8) is 0 Å². The number of benzene rings is 2. The molecule has 0 spiro atoms. The highest BCUT2D eigenvalue weighted by molar-refractivity contribution is 5.45. The van der Waals surface area contributed by atoms with Crippen LogP contribution in [0.5, 0.6) is 17.2 Å². The fourth-order valence-corrected chi connectivity index (χ4v) is 2.62. The Bertz CT molecular complexity index is 661. The van der Waals surface area contributed by atoms with Gasteiger partial charge < -0.3 is 19.9 Å². The summed E-state index contributed by atoms with van der Waals surface area (Å²) in [6, 6.07) is 10.2. The van der Waals surface area contributed by atoms with Crippen molar-refractivity contribution >= 4 is 0 Å². The van der Waals surface area contributed by atoms with Crippen LogP contribution in [0, 0.1) is 5.82 Å². The Hall–Kier alpha value is -2.27. The maximum Gasteiger partial charge on any atom is 0.160 e. The number of nitrogens with two attached hydrogens (primary N) is 1. The first-order valence-corrected chi connectivity index (χ1v) is 7.37. The van der Waals surface area contributed by atoms with Gasteiger partial charge in [0, 0.05) is 5.92 Å². The van der Waals surface area contributed by atoms with E-state index in [1.54, 1.807) is 27.4 Å². The van der Waals surface area contributed by atoms with Crippen molar-refractivity contribution in [3.8, 4) is 17.2 Å². The number of hydrogen-bond donors (Lipinski definition) is 1. The predicted octanol–water partition coefficient (Wildman–Crippen LogP) is 3.14. The molecule has 0 aliphatic carbocycles. The van der Waals surface area contributed by atoms with Crippen molar-refractivity contribution in [1.29, 1.82) is 0 Å². The molecule has 23 heavy (non-hydrogen) atoms. The van der Waals surface area contributed by atoms with E-state index in [4.69, 9.17) is 19.9 Å². The summed E-state index contributed by atoms with van der Waals surface area (Å²) in [5.41, 5.74) is 7.74. The van der Waals surface area contributed by atoms with Crippen molar-refractivity contribution in [2.75, 3.05) is 27.9 Å². The van der Waals surface area contributed by atoms with Crippen LogP contribution in [-0.4, -0.2) is 27.9 Å². The Morgan fingerprint density at radius 2 is 1.57 bits per heavy atom. The SMILES string of the molecule is COc1ccc(F)cc1CC(CN)c1ccc(OC)c(OC)c1. The van der Waals surface area contributed by atoms with E-state index in [0.29, 0.717) is 30.2 Å². The van der Waals surface area contributed by atoms with Crippen LogP contribution in [0.1, 0.15) is 17.0 Å². The molecule has 0 amide bonds. The summed E-state index contributed by atoms with van der Waals surface area (Å²) in [6.07, 6.45) is 0.576. The van der Waals surface area contributed by atoms with Crippen molar-refractivity contribution in [1.82, 2.24) is 0 Å². The Kier molecular flexibility index (Phi) is 5.82. The minimum atomic E-state index is -0.288. The maximum atomic E-state index is 13.5. The van der Waals surface area contributed by atoms with Gasteiger partial charge in [-0.25, -0.2) is 4.39 Å². The van der Waals surface area contributed by atoms with Crippen molar-refractivity contribution in [3.05, 3.63) is 53.3 Å². The Balaban J connectivity index is 2.32. The number of rotatable bonds is 7. The molecule has 0 aliphatic rings. The molecule has 1 unspecified atom stereocenters. The molecule has 0 radical (unpaired) electrons. The van der Waals surface area contributed by atoms with Gasteiger partial charge in [0.1, 0.15) is 11.6 Å². The van der Waals surface area contributed by atoms with E-state index in [2.05, 4.69) is 0 Å². The largest absolute Gasteiger partial charge is 0.496 e. The number of halogens is 1. The molecule has 124 valence electrons. The standard InChI is InChI=1S/C18H22FNO3/c1-21-16-7-5-15(19)9-13(16)8-14(11-20)12-4-6-17(22-2)18(10-12)23-3/h4-7,9-10,14H,8,11,20H2,1-3H3. The predicted molar refractivity (Wildman–Crippen MR) is 88.0 cm³/mol. The maximum absolute atomic E-state index is 13.5. The zero-order chi connectivity index (χ0) is 16.8. The second-order valence-corrected chi connectivity index (χ2v) is 5.21. The zero-order valence-electron chi connectivity index (χ0n) is 13.6. The van der Waals surface area contributed by atoms with Gasteiger partial charge in [0.15, 0.2) is 11.5 Å². The summed E-state index contributed by atoms with van der Waals surface area (Å²) in [5.74, 6) is 1.70. The molecule has 2 N–H and O–H groups in total. The van der Waals surface area contributed by atoms with Gasteiger partial charge >= 0.3 is 0 Å². The van der Waals surface area contributed by atoms with Crippen LogP contribution in [0.15, 0.2) is 36.4 Å². The average Bonchev–Trinajstić information content (AvgIpc) is 2.59. The fraction of sp³-hybridized carbons (Fsp3) is 0.333. The minimum Gasteiger partial charge on any atom is -0.496 e. The third-order valence-corrected chi connectivity index (χ3v) is 3.87. The van der Waals surface area contributed by atoms with Crippen LogP contribution in [0.4, 0.5) is 4.39 Å². The molecule has 0 saturated carbocycles. The second kappa shape index (κ2) is 7.83. The Labute approximate surface area is 136 Å². The highest BCUT2D eigenvalue weighted by Gasteiger charge is 2.16. The molecule has 4 nitrogen and oxygen atoms in total. The van der Waals surface area contributed by atoms with Crippen molar-refractivity contribution < 1.29 is 18.6 Å². The molecule has 2 aromatic carbocycles. The highest BCUT2D eigenvalue weighted by Crippen LogP contribution is 2.33. The molecule has 2 aromatic rings. The summed E-state index contributed by atoms with van der Waals surface area (Å²) >= 11 is 0. The van der Waals surface area contributed by atoms with Crippen LogP contribution in [-0.2, 0) is 6.42 Å². The lowest BCUT2D eigenvalue weighted by Gasteiger charge is -2.19. The van der Waals surface area contributed by atoms with Crippen LogP contribution in [0.25, 0.3) is 0 Å². The number of methoxy groups -OCH3 is 3. The van der Waals surface area contributed by atoms with Crippen molar-refractivity contribution in [2.45, 2.75) is 12.3 Å². The van der Waals surface area contributed by atoms with Crippen molar-refractivity contribution in [2.24, 2.45) is 5.73 Å². The third-order valence-electron chi connectivity index (χ3n) is 3.87. The lowest BCUT2D eigenvalue weighted by molar-refractivity contribution is 0.354. The molecule has 0 aliphatic heterocycles. The third kappa shape index (κ3) is 3.93. The van der Waals surface area contributed by atoms with Crippen LogP contribution in [0.3, 0.4) is 0 Å². The summed E-state index contributed by atoms with van der Waals surface area (Å²) in [6.45, 7) is 0.426. The van der Waals surface area contributed by atoms with Gasteiger partial charge in [-0.2, -0.15) is 0 Å². The van der Waals surface area contributed by atoms with E-state index in [0.717, 1.165) is 11.1 Å². The van der Waals surface area contributed by atoms with Gasteiger partial charge in [-0.15, -0.1) is 0 Å². The molecular formula is C18H22FNO3. The highest BCUT2D eigenvalue weighted by atomic mass is 19.1. The monoisotopic (exact) mass is 319 g/mol. The Morgan fingerprint density at radius 1 is 0.913 bits per heavy atom. The molecule has 0 bridgehead atoms. The molecule has 2 rings (SSSR count). The summed E-state index contributed by atoms with van der Waals surface area (Å²) in [7, 11) is 4.76. The molecule has 0 saturated heterocycles. The van der Waals surface area contributed by atoms with E-state index in [1.807, 2.05) is 18.2 Å². The number of ether oxygens (including phenoxy) is 3. The van der Waals surface area contributed by atoms with E-state index < -0.39 is 0 Å². The Morgan fingerprint density at radius 3 is 2.17 bits per heavy atom. The fourth-order valence-electron chi connectivity index (χ4n) is 2.62. The van der Waals surface area contributed by atoms with E-state index in [9.17, 15) is 4.39 Å². The first-order valence-electron chi connectivity index (χ1n) is 7.37. The summed E-state index contributed by atoms with van der Waals surface area (Å²) in [5, 5.41) is 0. The zero-order valence-corrected chi connectivity index (χ0v) is 13.6. The molecule has 0 aromatic heterocycles. The normalized spacial score (nSPS) is 11.9. The van der Waals surface area contributed by atoms with Crippen LogP contribution >= 0.6 is 0 Å². The lowest BCUT2D eigenvalue weighted by atomic mass is 9.91. The van der Waals surface area contributed by atoms with Gasteiger partial charge in [-0.05, 0) is 54.4 Å². The molecule has 1 atom stereocenters. The first-order chi connectivity index (χ1) is 11.1. The first kappa shape index (κ1) is 17.1. The summed E-state index contributed by atoms with van der Waals surface area (Å²) in [4.78, 5) is 0. The quantitative estimate of drug-likeness (QED) is 0.852. The molecular weight excluding hydrogens is 297 g/mol. The topological polar surface area (TPSA) is 53.7 Å². The average molecular weight is 319 g/mol.